The van der Waals surface area contributed by atoms with Crippen molar-refractivity contribution in [2.75, 3.05) is 20.1 Å². The fourth-order valence-corrected chi connectivity index (χ4v) is 1.92. The van der Waals surface area contributed by atoms with E-state index in [-0.39, 0.29) is 5.41 Å². The highest BCUT2D eigenvalue weighted by Crippen LogP contribution is 2.21. The van der Waals surface area contributed by atoms with Gasteiger partial charge in [-0.25, -0.2) is 0 Å². The highest BCUT2D eigenvalue weighted by atomic mass is 16.2. The second kappa shape index (κ2) is 6.89. The van der Waals surface area contributed by atoms with Crippen LogP contribution in [-0.4, -0.2) is 37.0 Å². The Morgan fingerprint density at radius 2 is 1.94 bits per heavy atom. The second-order valence-electron chi connectivity index (χ2n) is 5.15. The Labute approximate surface area is 101 Å². The van der Waals surface area contributed by atoms with E-state index in [4.69, 9.17) is 0 Å². The van der Waals surface area contributed by atoms with E-state index in [9.17, 15) is 4.79 Å². The molecule has 1 fully saturated rings. The molecule has 1 heterocycles. The van der Waals surface area contributed by atoms with Crippen LogP contribution in [0.2, 0.25) is 0 Å². The Kier molecular flexibility index (Phi) is 6.65. The van der Waals surface area contributed by atoms with Crippen LogP contribution in [0.15, 0.2) is 0 Å². The molecule has 1 unspecified atom stereocenters. The number of rotatable bonds is 3. The van der Waals surface area contributed by atoms with E-state index in [1.54, 1.807) is 0 Å². The molecule has 0 radical (unpaired) electrons. The van der Waals surface area contributed by atoms with Crippen molar-refractivity contribution in [3.8, 4) is 0 Å². The van der Waals surface area contributed by atoms with Crippen molar-refractivity contribution in [1.29, 1.82) is 0 Å². The molecule has 0 aromatic rings. The van der Waals surface area contributed by atoms with Crippen LogP contribution in [0.25, 0.3) is 0 Å². The van der Waals surface area contributed by atoms with Gasteiger partial charge < -0.3 is 10.2 Å². The first-order valence-electron chi connectivity index (χ1n) is 6.40. The van der Waals surface area contributed by atoms with E-state index < -0.39 is 0 Å². The number of likely N-dealkylation sites (tertiary alicyclic amines) is 1. The van der Waals surface area contributed by atoms with Crippen LogP contribution >= 0.6 is 0 Å². The number of carbonyl (C=O) groups is 1. The van der Waals surface area contributed by atoms with Crippen LogP contribution in [0, 0.1) is 5.41 Å². The Morgan fingerprint density at radius 1 is 1.38 bits per heavy atom. The smallest absolute Gasteiger partial charge is 0.222 e. The van der Waals surface area contributed by atoms with E-state index in [0.717, 1.165) is 25.9 Å². The maximum absolute atomic E-state index is 11.5. The van der Waals surface area contributed by atoms with Crippen LogP contribution in [0.3, 0.4) is 0 Å². The molecule has 0 spiro atoms. The summed E-state index contributed by atoms with van der Waals surface area (Å²) < 4.78 is 0. The lowest BCUT2D eigenvalue weighted by Gasteiger charge is -2.33. The number of hydrogen-bond acceptors (Lipinski definition) is 2. The molecule has 1 amide bonds. The Balaban J connectivity index is 0.00000106. The molecule has 3 nitrogen and oxygen atoms in total. The van der Waals surface area contributed by atoms with Gasteiger partial charge in [-0.3, -0.25) is 4.79 Å². The molecular formula is C13H28N2O. The number of likely N-dealkylation sites (N-methyl/N-ethyl adjacent to an activating group) is 1. The highest BCUT2D eigenvalue weighted by Gasteiger charge is 2.28. The monoisotopic (exact) mass is 228 g/mol. The Morgan fingerprint density at radius 3 is 2.25 bits per heavy atom. The van der Waals surface area contributed by atoms with Gasteiger partial charge in [0.25, 0.3) is 0 Å². The van der Waals surface area contributed by atoms with Crippen molar-refractivity contribution in [3.63, 3.8) is 0 Å². The van der Waals surface area contributed by atoms with Gasteiger partial charge in [0.05, 0.1) is 0 Å². The predicted molar refractivity (Wildman–Crippen MR) is 69.5 cm³/mol. The number of nitrogens with zero attached hydrogens (tertiary/aromatic N) is 1. The fraction of sp³-hybridized carbons (Fsp3) is 0.923. The van der Waals surface area contributed by atoms with Crippen LogP contribution in [0.4, 0.5) is 0 Å². The van der Waals surface area contributed by atoms with Gasteiger partial charge in [-0.05, 0) is 18.9 Å². The summed E-state index contributed by atoms with van der Waals surface area (Å²) in [5, 5.41) is 3.30. The zero-order valence-corrected chi connectivity index (χ0v) is 11.8. The Hall–Kier alpha value is -0.570. The first-order valence-corrected chi connectivity index (χ1v) is 6.40. The van der Waals surface area contributed by atoms with Gasteiger partial charge in [0, 0.05) is 25.6 Å². The Bertz CT molecular complexity index is 208. The van der Waals surface area contributed by atoms with Crippen molar-refractivity contribution in [2.45, 2.75) is 53.5 Å². The van der Waals surface area contributed by atoms with Crippen molar-refractivity contribution >= 4 is 5.91 Å². The number of amides is 1. The molecule has 1 saturated heterocycles. The third-order valence-corrected chi connectivity index (χ3v) is 2.97. The van der Waals surface area contributed by atoms with Crippen molar-refractivity contribution in [2.24, 2.45) is 5.41 Å². The van der Waals surface area contributed by atoms with Gasteiger partial charge in [0.2, 0.25) is 5.91 Å². The third-order valence-electron chi connectivity index (χ3n) is 2.97. The summed E-state index contributed by atoms with van der Waals surface area (Å²) in [6.07, 6.45) is 1.76. The summed E-state index contributed by atoms with van der Waals surface area (Å²) in [5.74, 6) is 0.314. The molecule has 1 atom stereocenters. The van der Waals surface area contributed by atoms with Gasteiger partial charge in [0.15, 0.2) is 0 Å². The number of carbonyl (C=O) groups excluding carboxylic acids is 1. The van der Waals surface area contributed by atoms with Crippen LogP contribution in [0.1, 0.15) is 47.5 Å². The van der Waals surface area contributed by atoms with E-state index in [0.29, 0.717) is 11.9 Å². The van der Waals surface area contributed by atoms with Gasteiger partial charge >= 0.3 is 0 Å². The zero-order chi connectivity index (χ0) is 12.8. The van der Waals surface area contributed by atoms with E-state index >= 15 is 0 Å². The summed E-state index contributed by atoms with van der Waals surface area (Å²) in [6.45, 7) is 12.4. The topological polar surface area (TPSA) is 32.3 Å². The molecule has 96 valence electrons. The van der Waals surface area contributed by atoms with Crippen LogP contribution in [0.5, 0.6) is 0 Å². The lowest BCUT2D eigenvalue weighted by molar-refractivity contribution is -0.128. The highest BCUT2D eigenvalue weighted by molar-refractivity contribution is 5.78. The normalized spacial score (nSPS) is 18.1. The summed E-state index contributed by atoms with van der Waals surface area (Å²) >= 11 is 0. The van der Waals surface area contributed by atoms with Crippen molar-refractivity contribution in [3.05, 3.63) is 0 Å². The first kappa shape index (κ1) is 15.4. The fourth-order valence-electron chi connectivity index (χ4n) is 1.92. The molecule has 3 heteroatoms. The van der Waals surface area contributed by atoms with Crippen LogP contribution < -0.4 is 5.32 Å². The quantitative estimate of drug-likeness (QED) is 0.803. The predicted octanol–water partition coefficient (Wildman–Crippen LogP) is 2.27. The minimum absolute atomic E-state index is 0.206. The van der Waals surface area contributed by atoms with E-state index in [2.05, 4.69) is 26.1 Å². The summed E-state index contributed by atoms with van der Waals surface area (Å²) in [5.41, 5.74) is 0.206. The van der Waals surface area contributed by atoms with Gasteiger partial charge in [-0.15, -0.1) is 0 Å². The second-order valence-corrected chi connectivity index (χ2v) is 5.15. The maximum atomic E-state index is 11.5. The van der Waals surface area contributed by atoms with Gasteiger partial charge in [-0.2, -0.15) is 0 Å². The zero-order valence-electron chi connectivity index (χ0n) is 11.8. The first-order chi connectivity index (χ1) is 7.45. The van der Waals surface area contributed by atoms with Gasteiger partial charge in [0.1, 0.15) is 0 Å². The molecule has 0 aliphatic carbocycles. The van der Waals surface area contributed by atoms with Crippen LogP contribution in [-0.2, 0) is 4.79 Å². The van der Waals surface area contributed by atoms with E-state index in [1.807, 2.05) is 25.8 Å². The summed E-state index contributed by atoms with van der Waals surface area (Å²) in [4.78, 5) is 13.4. The maximum Gasteiger partial charge on any atom is 0.222 e. The molecule has 1 N–H and O–H groups in total. The third kappa shape index (κ3) is 4.52. The molecule has 0 saturated carbocycles. The van der Waals surface area contributed by atoms with Crippen molar-refractivity contribution in [1.82, 2.24) is 10.2 Å². The average molecular weight is 228 g/mol. The van der Waals surface area contributed by atoms with Crippen molar-refractivity contribution < 1.29 is 4.79 Å². The molecular weight excluding hydrogens is 200 g/mol. The van der Waals surface area contributed by atoms with Gasteiger partial charge in [-0.1, -0.05) is 34.6 Å². The molecule has 0 aromatic carbocycles. The standard InChI is InChI=1S/C11H22N2O.C2H6/c1-11(2,3)9(12-4)8-13-7-5-6-10(13)14;1-2/h9,12H,5-8H2,1-4H3;1-2H3. The summed E-state index contributed by atoms with van der Waals surface area (Å²) in [6, 6.07) is 0.379. The SMILES string of the molecule is CC.CNC(CN1CCCC1=O)C(C)(C)C. The lowest BCUT2D eigenvalue weighted by atomic mass is 9.86. The minimum atomic E-state index is 0.206. The molecule has 1 rings (SSSR count). The lowest BCUT2D eigenvalue weighted by Crippen LogP contribution is -2.47. The molecule has 1 aliphatic rings. The summed E-state index contributed by atoms with van der Waals surface area (Å²) in [7, 11) is 1.97. The minimum Gasteiger partial charge on any atom is -0.341 e. The largest absolute Gasteiger partial charge is 0.341 e. The average Bonchev–Trinajstić information content (AvgIpc) is 2.62. The molecule has 0 aromatic heterocycles. The van der Waals surface area contributed by atoms with E-state index in [1.165, 1.54) is 0 Å². The molecule has 16 heavy (non-hydrogen) atoms. The number of hydrogen-bond donors (Lipinski definition) is 1. The molecule has 1 aliphatic heterocycles. The number of nitrogens with one attached hydrogen (secondary N) is 1. The molecule has 0 bridgehead atoms.